The summed E-state index contributed by atoms with van der Waals surface area (Å²) in [7, 11) is 0. The van der Waals surface area contributed by atoms with Gasteiger partial charge in [0.15, 0.2) is 5.78 Å². The zero-order valence-electron chi connectivity index (χ0n) is 20.2. The lowest BCUT2D eigenvalue weighted by molar-refractivity contribution is -0.123. The largest absolute Gasteiger partial charge is 0.393 e. The van der Waals surface area contributed by atoms with E-state index in [1.807, 2.05) is 0 Å². The van der Waals surface area contributed by atoms with Crippen LogP contribution in [0.5, 0.6) is 0 Å². The molecule has 7 atom stereocenters. The normalized spacial score (nSPS) is 40.0. The Kier molecular flexibility index (Phi) is 5.74. The third-order valence-corrected chi connectivity index (χ3v) is 9.56. The predicted octanol–water partition coefficient (Wildman–Crippen LogP) is 5.83. The third-order valence-electron chi connectivity index (χ3n) is 9.56. The van der Waals surface area contributed by atoms with Gasteiger partial charge in [-0.1, -0.05) is 64.8 Å². The Balaban J connectivity index is 1.68. The number of fused-ring (bicyclic) bond motifs is 4. The lowest BCUT2D eigenvalue weighted by atomic mass is 9.53. The molecule has 170 valence electrons. The van der Waals surface area contributed by atoms with Crippen molar-refractivity contribution in [3.63, 3.8) is 0 Å². The molecule has 0 aromatic rings. The fourth-order valence-electron chi connectivity index (χ4n) is 7.03. The molecule has 0 aliphatic heterocycles. The maximum Gasteiger partial charge on any atom is 0.182 e. The number of Topliss-reactive ketones (excluding diaryl/α,β-unsaturated/α-hetero) is 1. The lowest BCUT2D eigenvalue weighted by Gasteiger charge is -2.50. The number of ketones is 2. The molecule has 2 saturated carbocycles. The van der Waals surface area contributed by atoms with E-state index in [2.05, 4.69) is 53.7 Å². The van der Waals surface area contributed by atoms with E-state index in [1.165, 1.54) is 5.57 Å². The molecule has 3 nitrogen and oxygen atoms in total. The third kappa shape index (κ3) is 3.52. The molecule has 4 rings (SSSR count). The maximum absolute atomic E-state index is 13.4. The average Bonchev–Trinajstić information content (AvgIpc) is 2.98. The van der Waals surface area contributed by atoms with E-state index in [4.69, 9.17) is 0 Å². The maximum atomic E-state index is 13.4. The number of aliphatic hydroxyl groups is 1. The summed E-state index contributed by atoms with van der Waals surface area (Å²) in [6, 6.07) is 0. The van der Waals surface area contributed by atoms with Gasteiger partial charge in [-0.15, -0.1) is 0 Å². The first kappa shape index (κ1) is 22.7. The minimum Gasteiger partial charge on any atom is -0.393 e. The number of hydrogen-bond donors (Lipinski definition) is 1. The molecule has 0 spiro atoms. The summed E-state index contributed by atoms with van der Waals surface area (Å²) in [6.07, 6.45) is 10.8. The van der Waals surface area contributed by atoms with Crippen LogP contribution in [-0.4, -0.2) is 22.8 Å². The summed E-state index contributed by atoms with van der Waals surface area (Å²) >= 11 is 0. The fraction of sp³-hybridized carbons (Fsp3) is 0.714. The molecular weight excluding hydrogens is 384 g/mol. The van der Waals surface area contributed by atoms with Crippen molar-refractivity contribution in [2.24, 2.45) is 40.4 Å². The highest BCUT2D eigenvalue weighted by Crippen LogP contribution is 2.63. The second-order valence-corrected chi connectivity index (χ2v) is 11.7. The Bertz CT molecular complexity index is 875. The van der Waals surface area contributed by atoms with Gasteiger partial charge in [-0.25, -0.2) is 0 Å². The number of hydrogen-bond acceptors (Lipinski definition) is 3. The number of allylic oxidation sites excluding steroid dienone is 5. The molecule has 3 heteroatoms. The first-order valence-electron chi connectivity index (χ1n) is 12.4. The molecule has 0 heterocycles. The van der Waals surface area contributed by atoms with Crippen molar-refractivity contribution in [3.05, 3.63) is 34.9 Å². The quantitative estimate of drug-likeness (QED) is 0.577. The predicted molar refractivity (Wildman–Crippen MR) is 124 cm³/mol. The van der Waals surface area contributed by atoms with E-state index in [0.29, 0.717) is 30.6 Å². The average molecular weight is 425 g/mol. The van der Waals surface area contributed by atoms with Gasteiger partial charge in [-0.3, -0.25) is 9.59 Å². The molecule has 0 aromatic heterocycles. The van der Waals surface area contributed by atoms with Crippen molar-refractivity contribution in [3.8, 4) is 0 Å². The van der Waals surface area contributed by atoms with Crippen LogP contribution in [0.2, 0.25) is 0 Å². The van der Waals surface area contributed by atoms with Crippen LogP contribution >= 0.6 is 0 Å². The first-order chi connectivity index (χ1) is 14.5. The Morgan fingerprint density at radius 2 is 1.77 bits per heavy atom. The number of rotatable bonds is 4. The van der Waals surface area contributed by atoms with Crippen LogP contribution in [0.1, 0.15) is 80.1 Å². The molecule has 1 N–H and O–H groups in total. The molecule has 0 saturated heterocycles. The molecule has 7 unspecified atom stereocenters. The highest BCUT2D eigenvalue weighted by atomic mass is 16.3. The van der Waals surface area contributed by atoms with Crippen molar-refractivity contribution in [1.29, 1.82) is 0 Å². The topological polar surface area (TPSA) is 54.4 Å². The van der Waals surface area contributed by atoms with E-state index in [9.17, 15) is 14.7 Å². The van der Waals surface area contributed by atoms with Crippen molar-refractivity contribution < 1.29 is 14.7 Å². The van der Waals surface area contributed by atoms with Crippen molar-refractivity contribution in [2.75, 3.05) is 0 Å². The Labute approximate surface area is 188 Å². The molecule has 0 bridgehead atoms. The highest BCUT2D eigenvalue weighted by molar-refractivity contribution is 6.11. The Morgan fingerprint density at radius 1 is 1.06 bits per heavy atom. The molecule has 2 fully saturated rings. The monoisotopic (exact) mass is 424 g/mol. The Hall–Kier alpha value is -1.48. The minimum absolute atomic E-state index is 0.0399. The van der Waals surface area contributed by atoms with Crippen LogP contribution in [0.3, 0.4) is 0 Å². The highest BCUT2D eigenvalue weighted by Gasteiger charge is 2.59. The number of carbonyl (C=O) groups excluding carboxylic acids is 2. The summed E-state index contributed by atoms with van der Waals surface area (Å²) < 4.78 is 0. The lowest BCUT2D eigenvalue weighted by Crippen LogP contribution is -2.45. The van der Waals surface area contributed by atoms with Crippen LogP contribution < -0.4 is 0 Å². The van der Waals surface area contributed by atoms with Gasteiger partial charge >= 0.3 is 0 Å². The summed E-state index contributed by atoms with van der Waals surface area (Å²) in [5.41, 5.74) is 2.83. The fourth-order valence-corrected chi connectivity index (χ4v) is 7.03. The van der Waals surface area contributed by atoms with Gasteiger partial charge in [0.05, 0.1) is 12.0 Å². The molecule has 4 aliphatic carbocycles. The van der Waals surface area contributed by atoms with Crippen LogP contribution in [0, 0.1) is 40.4 Å². The van der Waals surface area contributed by atoms with Gasteiger partial charge in [0.1, 0.15) is 5.78 Å². The van der Waals surface area contributed by atoms with Crippen molar-refractivity contribution in [2.45, 2.75) is 86.2 Å². The molecule has 0 radical (unpaired) electrons. The minimum atomic E-state index is -0.346. The van der Waals surface area contributed by atoms with Crippen LogP contribution in [-0.2, 0) is 9.59 Å². The van der Waals surface area contributed by atoms with Crippen molar-refractivity contribution >= 4 is 11.6 Å². The van der Waals surface area contributed by atoms with Crippen LogP contribution in [0.4, 0.5) is 0 Å². The smallest absolute Gasteiger partial charge is 0.182 e. The molecule has 31 heavy (non-hydrogen) atoms. The van der Waals surface area contributed by atoms with Crippen LogP contribution in [0.15, 0.2) is 34.9 Å². The summed E-state index contributed by atoms with van der Waals surface area (Å²) in [4.78, 5) is 26.8. The van der Waals surface area contributed by atoms with Crippen LogP contribution in [0.25, 0.3) is 0 Å². The van der Waals surface area contributed by atoms with E-state index < -0.39 is 0 Å². The van der Waals surface area contributed by atoms with Crippen molar-refractivity contribution in [1.82, 2.24) is 0 Å². The van der Waals surface area contributed by atoms with Gasteiger partial charge in [-0.2, -0.15) is 0 Å². The standard InChI is InChI=1S/C28H40O3/c1-16(2)17(3)7-8-18(4)22-15-24(31)26-25-21(10-12-28(22,26)6)27(5)11-9-20(29)13-19(27)14-23(25)30/h7-8,14,16-18,20,22,26,29H,9-13,15H2,1-6H3. The molecule has 0 amide bonds. The first-order valence-corrected chi connectivity index (χ1v) is 12.4. The second kappa shape index (κ2) is 7.83. The molecular formula is C28H40O3. The Morgan fingerprint density at radius 3 is 2.45 bits per heavy atom. The van der Waals surface area contributed by atoms with E-state index in [1.54, 1.807) is 6.08 Å². The van der Waals surface area contributed by atoms with Gasteiger partial charge in [-0.05, 0) is 67.3 Å². The van der Waals surface area contributed by atoms with Gasteiger partial charge < -0.3 is 5.11 Å². The molecule has 4 aliphatic rings. The number of aliphatic hydroxyl groups excluding tert-OH is 1. The van der Waals surface area contributed by atoms with Gasteiger partial charge in [0, 0.05) is 17.4 Å². The van der Waals surface area contributed by atoms with Gasteiger partial charge in [0.2, 0.25) is 0 Å². The van der Waals surface area contributed by atoms with E-state index in [0.717, 1.165) is 36.8 Å². The van der Waals surface area contributed by atoms with Gasteiger partial charge in [0.25, 0.3) is 0 Å². The summed E-state index contributed by atoms with van der Waals surface area (Å²) in [6.45, 7) is 13.5. The van der Waals surface area contributed by atoms with E-state index in [-0.39, 0.29) is 40.3 Å². The second-order valence-electron chi connectivity index (χ2n) is 11.7. The zero-order valence-corrected chi connectivity index (χ0v) is 20.2. The van der Waals surface area contributed by atoms with E-state index >= 15 is 0 Å². The summed E-state index contributed by atoms with van der Waals surface area (Å²) in [5.74, 6) is 1.79. The summed E-state index contributed by atoms with van der Waals surface area (Å²) in [5, 5.41) is 10.2. The number of carbonyl (C=O) groups is 2. The zero-order chi connectivity index (χ0) is 22.7. The SMILES string of the molecule is CC(C)C(C)C=CC(C)C1CC(=O)C2C3=C(CCC21C)C1(C)CCC(O)CC1=CC3=O. The molecule has 0 aromatic carbocycles.